The second kappa shape index (κ2) is 6.59. The molecule has 2 heteroatoms. The van der Waals surface area contributed by atoms with Crippen LogP contribution >= 0.6 is 0 Å². The first-order valence-corrected chi connectivity index (χ1v) is 5.62. The zero-order chi connectivity index (χ0) is 11.1. The van der Waals surface area contributed by atoms with Gasteiger partial charge in [-0.25, -0.2) is 0 Å². The van der Waals surface area contributed by atoms with Crippen molar-refractivity contribution in [2.45, 2.75) is 32.7 Å². The molecule has 0 saturated carbocycles. The second-order valence-electron chi connectivity index (χ2n) is 3.88. The van der Waals surface area contributed by atoms with Gasteiger partial charge in [0.05, 0.1) is 6.61 Å². The Morgan fingerprint density at radius 3 is 2.73 bits per heavy atom. The van der Waals surface area contributed by atoms with Crippen LogP contribution in [0.25, 0.3) is 0 Å². The third-order valence-electron chi connectivity index (χ3n) is 2.58. The predicted octanol–water partition coefficient (Wildman–Crippen LogP) is 2.29. The Labute approximate surface area is 92.4 Å². The zero-order valence-corrected chi connectivity index (χ0v) is 9.70. The number of ether oxygens (including phenoxy) is 1. The van der Waals surface area contributed by atoms with Crippen molar-refractivity contribution in [2.75, 3.05) is 13.2 Å². The molecule has 0 heterocycles. The molecule has 0 aromatic heterocycles. The average Bonchev–Trinajstić information content (AvgIpc) is 2.25. The normalized spacial score (nSPS) is 12.7. The van der Waals surface area contributed by atoms with E-state index in [2.05, 4.69) is 31.2 Å². The summed E-state index contributed by atoms with van der Waals surface area (Å²) in [4.78, 5) is 0. The van der Waals surface area contributed by atoms with Crippen molar-refractivity contribution in [3.8, 4) is 0 Å². The molecule has 0 radical (unpaired) electrons. The monoisotopic (exact) mass is 207 g/mol. The van der Waals surface area contributed by atoms with Crippen LogP contribution in [0.2, 0.25) is 0 Å². The summed E-state index contributed by atoms with van der Waals surface area (Å²) in [5, 5.41) is 0. The minimum atomic E-state index is 0.157. The molecule has 0 bridgehead atoms. The molecule has 0 aliphatic rings. The first-order valence-electron chi connectivity index (χ1n) is 5.62. The van der Waals surface area contributed by atoms with Crippen molar-refractivity contribution in [2.24, 2.45) is 5.73 Å². The lowest BCUT2D eigenvalue weighted by Gasteiger charge is -2.12. The number of rotatable bonds is 6. The van der Waals surface area contributed by atoms with E-state index in [4.69, 9.17) is 10.5 Å². The highest BCUT2D eigenvalue weighted by molar-refractivity contribution is 5.25. The van der Waals surface area contributed by atoms with E-state index in [-0.39, 0.29) is 6.04 Å². The molecule has 0 aliphatic carbocycles. The van der Waals surface area contributed by atoms with E-state index in [9.17, 15) is 0 Å². The van der Waals surface area contributed by atoms with Gasteiger partial charge in [-0.1, -0.05) is 24.3 Å². The quantitative estimate of drug-likeness (QED) is 0.776. The highest BCUT2D eigenvalue weighted by Crippen LogP contribution is 2.10. The van der Waals surface area contributed by atoms with Crippen molar-refractivity contribution in [3.63, 3.8) is 0 Å². The first kappa shape index (κ1) is 12.2. The van der Waals surface area contributed by atoms with Gasteiger partial charge >= 0.3 is 0 Å². The van der Waals surface area contributed by atoms with E-state index in [1.807, 2.05) is 6.92 Å². The van der Waals surface area contributed by atoms with Crippen LogP contribution in [-0.2, 0) is 11.2 Å². The van der Waals surface area contributed by atoms with Gasteiger partial charge in [0.25, 0.3) is 0 Å². The minimum Gasteiger partial charge on any atom is -0.380 e. The van der Waals surface area contributed by atoms with E-state index < -0.39 is 0 Å². The van der Waals surface area contributed by atoms with Crippen LogP contribution < -0.4 is 5.73 Å². The highest BCUT2D eigenvalue weighted by atomic mass is 16.5. The number of nitrogens with two attached hydrogens (primary N) is 1. The largest absolute Gasteiger partial charge is 0.380 e. The number of hydrogen-bond donors (Lipinski definition) is 1. The fourth-order valence-corrected chi connectivity index (χ4v) is 1.58. The maximum Gasteiger partial charge on any atom is 0.0617 e. The predicted molar refractivity (Wildman–Crippen MR) is 64.0 cm³/mol. The number of aryl methyl sites for hydroxylation is 2. The minimum absolute atomic E-state index is 0.157. The third kappa shape index (κ3) is 4.45. The van der Waals surface area contributed by atoms with Crippen molar-refractivity contribution in [1.29, 1.82) is 0 Å². The molecule has 1 aromatic rings. The molecule has 1 atom stereocenters. The summed E-state index contributed by atoms with van der Waals surface area (Å²) >= 11 is 0. The molecule has 0 saturated heterocycles. The molecule has 0 aliphatic heterocycles. The van der Waals surface area contributed by atoms with E-state index in [0.717, 1.165) is 19.4 Å². The Bertz CT molecular complexity index is 286. The Morgan fingerprint density at radius 1 is 1.33 bits per heavy atom. The summed E-state index contributed by atoms with van der Waals surface area (Å²) in [6.45, 7) is 5.55. The Balaban J connectivity index is 2.33. The summed E-state index contributed by atoms with van der Waals surface area (Å²) in [5.41, 5.74) is 8.67. The van der Waals surface area contributed by atoms with Gasteiger partial charge in [-0.05, 0) is 37.8 Å². The Morgan fingerprint density at radius 2 is 2.07 bits per heavy atom. The van der Waals surface area contributed by atoms with Crippen LogP contribution in [0.4, 0.5) is 0 Å². The van der Waals surface area contributed by atoms with Gasteiger partial charge in [-0.3, -0.25) is 0 Å². The van der Waals surface area contributed by atoms with E-state index in [1.165, 1.54) is 11.1 Å². The summed E-state index contributed by atoms with van der Waals surface area (Å²) in [5.74, 6) is 0. The Kier molecular flexibility index (Phi) is 5.37. The van der Waals surface area contributed by atoms with Crippen LogP contribution in [0.15, 0.2) is 24.3 Å². The smallest absolute Gasteiger partial charge is 0.0617 e. The fourth-order valence-electron chi connectivity index (χ4n) is 1.58. The lowest BCUT2D eigenvalue weighted by molar-refractivity contribution is 0.131. The van der Waals surface area contributed by atoms with Gasteiger partial charge in [0.1, 0.15) is 0 Å². The fraction of sp³-hybridized carbons (Fsp3) is 0.538. The SMILES string of the molecule is CCOCC(N)CCc1ccccc1C. The van der Waals surface area contributed by atoms with Gasteiger partial charge in [-0.15, -0.1) is 0 Å². The molecule has 0 spiro atoms. The maximum absolute atomic E-state index is 5.93. The molecule has 0 amide bonds. The van der Waals surface area contributed by atoms with Crippen LogP contribution in [0, 0.1) is 6.92 Å². The highest BCUT2D eigenvalue weighted by Gasteiger charge is 2.04. The van der Waals surface area contributed by atoms with E-state index in [1.54, 1.807) is 0 Å². The van der Waals surface area contributed by atoms with Crippen molar-refractivity contribution in [1.82, 2.24) is 0 Å². The van der Waals surface area contributed by atoms with Crippen LogP contribution in [0.5, 0.6) is 0 Å². The number of hydrogen-bond acceptors (Lipinski definition) is 2. The molecular weight excluding hydrogens is 186 g/mol. The molecule has 2 nitrogen and oxygen atoms in total. The maximum atomic E-state index is 5.93. The van der Waals surface area contributed by atoms with E-state index in [0.29, 0.717) is 6.61 Å². The van der Waals surface area contributed by atoms with Crippen molar-refractivity contribution < 1.29 is 4.74 Å². The van der Waals surface area contributed by atoms with E-state index >= 15 is 0 Å². The lowest BCUT2D eigenvalue weighted by Crippen LogP contribution is -2.26. The topological polar surface area (TPSA) is 35.2 Å². The summed E-state index contributed by atoms with van der Waals surface area (Å²) in [7, 11) is 0. The van der Waals surface area contributed by atoms with Crippen molar-refractivity contribution >= 4 is 0 Å². The standard InChI is InChI=1S/C13H21NO/c1-3-15-10-13(14)9-8-12-7-5-4-6-11(12)2/h4-7,13H,3,8-10,14H2,1-2H3. The average molecular weight is 207 g/mol. The molecule has 2 N–H and O–H groups in total. The summed E-state index contributed by atoms with van der Waals surface area (Å²) in [6, 6.07) is 8.62. The molecular formula is C13H21NO. The van der Waals surface area contributed by atoms with Gasteiger partial charge < -0.3 is 10.5 Å². The van der Waals surface area contributed by atoms with Gasteiger partial charge in [0.15, 0.2) is 0 Å². The first-order chi connectivity index (χ1) is 7.24. The summed E-state index contributed by atoms with van der Waals surface area (Å²) in [6.07, 6.45) is 2.03. The van der Waals surface area contributed by atoms with Gasteiger partial charge in [0.2, 0.25) is 0 Å². The van der Waals surface area contributed by atoms with Crippen LogP contribution in [0.3, 0.4) is 0 Å². The Hall–Kier alpha value is -0.860. The van der Waals surface area contributed by atoms with Crippen molar-refractivity contribution in [3.05, 3.63) is 35.4 Å². The molecule has 1 rings (SSSR count). The summed E-state index contributed by atoms with van der Waals surface area (Å²) < 4.78 is 5.29. The lowest BCUT2D eigenvalue weighted by atomic mass is 10.0. The molecule has 1 unspecified atom stereocenters. The number of benzene rings is 1. The van der Waals surface area contributed by atoms with Crippen LogP contribution in [0.1, 0.15) is 24.5 Å². The van der Waals surface area contributed by atoms with Gasteiger partial charge in [-0.2, -0.15) is 0 Å². The molecule has 0 fully saturated rings. The molecule has 15 heavy (non-hydrogen) atoms. The van der Waals surface area contributed by atoms with Gasteiger partial charge in [0, 0.05) is 12.6 Å². The molecule has 1 aromatic carbocycles. The third-order valence-corrected chi connectivity index (χ3v) is 2.58. The molecule has 84 valence electrons. The zero-order valence-electron chi connectivity index (χ0n) is 9.70. The second-order valence-corrected chi connectivity index (χ2v) is 3.88. The van der Waals surface area contributed by atoms with Crippen LogP contribution in [-0.4, -0.2) is 19.3 Å².